The first-order valence-corrected chi connectivity index (χ1v) is 7.43. The van der Waals surface area contributed by atoms with E-state index in [1.807, 2.05) is 23.6 Å². The summed E-state index contributed by atoms with van der Waals surface area (Å²) in [6.07, 6.45) is 0. The van der Waals surface area contributed by atoms with E-state index in [0.29, 0.717) is 23.8 Å². The van der Waals surface area contributed by atoms with Crippen LogP contribution in [0.1, 0.15) is 16.2 Å². The number of thiophene rings is 1. The number of hydrogen-bond donors (Lipinski definition) is 1. The Morgan fingerprint density at radius 2 is 2.27 bits per heavy atom. The molecule has 2 heterocycles. The molecule has 3 aromatic rings. The van der Waals surface area contributed by atoms with Gasteiger partial charge in [0.25, 0.3) is 0 Å². The lowest BCUT2D eigenvalue weighted by atomic mass is 10.2. The van der Waals surface area contributed by atoms with Crippen molar-refractivity contribution in [3.05, 3.63) is 53.2 Å². The van der Waals surface area contributed by atoms with Gasteiger partial charge in [0.1, 0.15) is 0 Å². The molecule has 0 aliphatic heterocycles. The normalized spacial score (nSPS) is 10.4. The lowest BCUT2D eigenvalue weighted by Crippen LogP contribution is -2.04. The van der Waals surface area contributed by atoms with Crippen LogP contribution in [0.15, 0.2) is 46.3 Å². The number of benzene rings is 1. The van der Waals surface area contributed by atoms with E-state index in [-0.39, 0.29) is 5.97 Å². The largest absolute Gasteiger partial charge is 0.465 e. The number of rotatable bonds is 5. The third-order valence-electron chi connectivity index (χ3n) is 2.94. The van der Waals surface area contributed by atoms with E-state index in [2.05, 4.69) is 15.5 Å². The topological polar surface area (TPSA) is 77.2 Å². The summed E-state index contributed by atoms with van der Waals surface area (Å²) in [5, 5.41) is 9.04. The fraction of sp³-hybridized carbons (Fsp3) is 0.133. The van der Waals surface area contributed by atoms with Gasteiger partial charge in [-0.25, -0.2) is 4.79 Å². The number of esters is 1. The van der Waals surface area contributed by atoms with Crippen LogP contribution in [0.4, 0.5) is 5.69 Å². The number of aromatic nitrogens is 2. The van der Waals surface area contributed by atoms with Gasteiger partial charge in [0.2, 0.25) is 11.7 Å². The van der Waals surface area contributed by atoms with E-state index in [1.54, 1.807) is 29.5 Å². The Bertz CT molecular complexity index is 768. The van der Waals surface area contributed by atoms with E-state index in [4.69, 9.17) is 9.26 Å². The summed E-state index contributed by atoms with van der Waals surface area (Å²) in [5.74, 6) is 0.684. The molecule has 0 bridgehead atoms. The number of carbonyl (C=O) groups is 1. The second-order valence-electron chi connectivity index (χ2n) is 4.41. The molecule has 0 amide bonds. The molecule has 0 fully saturated rings. The lowest BCUT2D eigenvalue weighted by Gasteiger charge is -2.05. The highest BCUT2D eigenvalue weighted by molar-refractivity contribution is 7.13. The molecule has 0 saturated carbocycles. The summed E-state index contributed by atoms with van der Waals surface area (Å²) in [4.78, 5) is 16.8. The van der Waals surface area contributed by atoms with Crippen molar-refractivity contribution in [1.82, 2.24) is 10.1 Å². The number of hydrogen-bond acceptors (Lipinski definition) is 7. The van der Waals surface area contributed by atoms with Crippen molar-refractivity contribution in [3.63, 3.8) is 0 Å². The van der Waals surface area contributed by atoms with E-state index >= 15 is 0 Å². The van der Waals surface area contributed by atoms with Gasteiger partial charge in [0, 0.05) is 5.69 Å². The average Bonchev–Trinajstić information content (AvgIpc) is 3.23. The van der Waals surface area contributed by atoms with E-state index < -0.39 is 0 Å². The van der Waals surface area contributed by atoms with Crippen LogP contribution in [0.3, 0.4) is 0 Å². The van der Waals surface area contributed by atoms with Crippen LogP contribution < -0.4 is 5.32 Å². The van der Waals surface area contributed by atoms with Crippen LogP contribution in [0, 0.1) is 0 Å². The first kappa shape index (κ1) is 14.3. The number of anilines is 1. The Kier molecular flexibility index (Phi) is 4.15. The van der Waals surface area contributed by atoms with Gasteiger partial charge in [-0.15, -0.1) is 11.3 Å². The molecule has 0 aliphatic rings. The summed E-state index contributed by atoms with van der Waals surface area (Å²) in [6.45, 7) is 0.378. The highest BCUT2D eigenvalue weighted by Crippen LogP contribution is 2.21. The smallest absolute Gasteiger partial charge is 0.337 e. The Morgan fingerprint density at radius 1 is 1.36 bits per heavy atom. The fourth-order valence-corrected chi connectivity index (χ4v) is 2.53. The molecule has 0 spiro atoms. The van der Waals surface area contributed by atoms with E-state index in [9.17, 15) is 4.79 Å². The number of nitrogens with one attached hydrogen (secondary N) is 1. The molecule has 22 heavy (non-hydrogen) atoms. The first-order chi connectivity index (χ1) is 10.8. The average molecular weight is 315 g/mol. The van der Waals surface area contributed by atoms with Gasteiger partial charge in [0.15, 0.2) is 0 Å². The number of ether oxygens (including phenoxy) is 1. The minimum absolute atomic E-state index is 0.374. The Balaban J connectivity index is 1.67. The molecule has 0 atom stereocenters. The maximum absolute atomic E-state index is 11.5. The molecule has 3 rings (SSSR count). The van der Waals surface area contributed by atoms with E-state index in [1.165, 1.54) is 7.11 Å². The number of nitrogens with zero attached hydrogens (tertiary/aromatic N) is 2. The van der Waals surface area contributed by atoms with Crippen molar-refractivity contribution >= 4 is 23.0 Å². The molecular formula is C15H13N3O3S. The molecule has 2 aromatic heterocycles. The van der Waals surface area contributed by atoms with E-state index in [0.717, 1.165) is 10.6 Å². The van der Waals surface area contributed by atoms with Gasteiger partial charge in [0.05, 0.1) is 24.1 Å². The third kappa shape index (κ3) is 3.15. The molecule has 6 nitrogen and oxygen atoms in total. The molecule has 0 saturated heterocycles. The number of methoxy groups -OCH3 is 1. The van der Waals surface area contributed by atoms with Crippen LogP contribution >= 0.6 is 11.3 Å². The van der Waals surface area contributed by atoms with Gasteiger partial charge in [-0.1, -0.05) is 17.3 Å². The first-order valence-electron chi connectivity index (χ1n) is 6.55. The van der Waals surface area contributed by atoms with Crippen molar-refractivity contribution in [3.8, 4) is 10.7 Å². The monoisotopic (exact) mass is 315 g/mol. The zero-order valence-electron chi connectivity index (χ0n) is 11.8. The van der Waals surface area contributed by atoms with Crippen LogP contribution in [-0.2, 0) is 11.3 Å². The summed E-state index contributed by atoms with van der Waals surface area (Å²) in [5.41, 5.74) is 1.26. The molecule has 112 valence electrons. The van der Waals surface area contributed by atoms with Crippen molar-refractivity contribution in [2.24, 2.45) is 0 Å². The molecule has 0 aliphatic carbocycles. The predicted molar refractivity (Wildman–Crippen MR) is 82.7 cm³/mol. The molecule has 0 radical (unpaired) electrons. The van der Waals surface area contributed by atoms with Gasteiger partial charge >= 0.3 is 5.97 Å². The summed E-state index contributed by atoms with van der Waals surface area (Å²) >= 11 is 1.55. The van der Waals surface area contributed by atoms with Crippen molar-refractivity contribution in [2.45, 2.75) is 6.54 Å². The lowest BCUT2D eigenvalue weighted by molar-refractivity contribution is 0.0601. The van der Waals surface area contributed by atoms with Gasteiger partial charge in [-0.2, -0.15) is 4.98 Å². The van der Waals surface area contributed by atoms with Crippen molar-refractivity contribution < 1.29 is 14.1 Å². The van der Waals surface area contributed by atoms with Gasteiger partial charge in [-0.3, -0.25) is 0 Å². The third-order valence-corrected chi connectivity index (χ3v) is 3.80. The summed E-state index contributed by atoms with van der Waals surface area (Å²) < 4.78 is 9.89. The van der Waals surface area contributed by atoms with Crippen LogP contribution in [0.5, 0.6) is 0 Å². The van der Waals surface area contributed by atoms with Crippen LogP contribution in [0.25, 0.3) is 10.7 Å². The second kappa shape index (κ2) is 6.40. The molecule has 0 unspecified atom stereocenters. The van der Waals surface area contributed by atoms with Crippen molar-refractivity contribution in [2.75, 3.05) is 12.4 Å². The second-order valence-corrected chi connectivity index (χ2v) is 5.36. The summed E-state index contributed by atoms with van der Waals surface area (Å²) in [6, 6.07) is 10.9. The maximum Gasteiger partial charge on any atom is 0.337 e. The summed E-state index contributed by atoms with van der Waals surface area (Å²) in [7, 11) is 1.35. The zero-order valence-corrected chi connectivity index (χ0v) is 12.6. The Hall–Kier alpha value is -2.67. The van der Waals surface area contributed by atoms with Crippen LogP contribution in [0.2, 0.25) is 0 Å². The molecule has 7 heteroatoms. The molecular weight excluding hydrogens is 302 g/mol. The number of carbonyl (C=O) groups excluding carboxylic acids is 1. The zero-order chi connectivity index (χ0) is 15.4. The predicted octanol–water partition coefficient (Wildman–Crippen LogP) is 3.20. The maximum atomic E-state index is 11.5. The SMILES string of the molecule is COC(=O)c1cccc(NCc2nc(-c3cccs3)no2)c1. The van der Waals surface area contributed by atoms with Crippen molar-refractivity contribution in [1.29, 1.82) is 0 Å². The standard InChI is InChI=1S/C15H13N3O3S/c1-20-15(19)10-4-2-5-11(8-10)16-9-13-17-14(18-21-13)12-6-3-7-22-12/h2-8,16H,9H2,1H3. The quantitative estimate of drug-likeness (QED) is 0.729. The van der Waals surface area contributed by atoms with Gasteiger partial charge in [-0.05, 0) is 29.6 Å². The van der Waals surface area contributed by atoms with Gasteiger partial charge < -0.3 is 14.6 Å². The Labute approximate surface area is 130 Å². The highest BCUT2D eigenvalue weighted by Gasteiger charge is 2.10. The minimum Gasteiger partial charge on any atom is -0.465 e. The van der Waals surface area contributed by atoms with Crippen LogP contribution in [-0.4, -0.2) is 23.2 Å². The fourth-order valence-electron chi connectivity index (χ4n) is 1.88. The minimum atomic E-state index is -0.374. The Morgan fingerprint density at radius 3 is 3.05 bits per heavy atom. The molecule has 1 aromatic carbocycles. The molecule has 1 N–H and O–H groups in total. The highest BCUT2D eigenvalue weighted by atomic mass is 32.1.